The molecule has 1 aliphatic rings. The molecule has 0 aliphatic heterocycles. The van der Waals surface area contributed by atoms with Gasteiger partial charge in [-0.25, -0.2) is 4.98 Å². The highest BCUT2D eigenvalue weighted by atomic mass is 16.6. The number of aromatic nitrogens is 4. The summed E-state index contributed by atoms with van der Waals surface area (Å²) in [6.45, 7) is 0. The number of nitrogens with zero attached hydrogens (tertiary/aromatic N) is 5. The minimum atomic E-state index is -0.736. The summed E-state index contributed by atoms with van der Waals surface area (Å²) in [5.41, 5.74) is 1.61. The molecule has 9 nitrogen and oxygen atoms in total. The van der Waals surface area contributed by atoms with Crippen molar-refractivity contribution in [2.75, 3.05) is 0 Å². The lowest BCUT2D eigenvalue weighted by atomic mass is 9.85. The lowest BCUT2D eigenvalue weighted by Gasteiger charge is -2.20. The Morgan fingerprint density at radius 1 is 0.964 bits per heavy atom. The van der Waals surface area contributed by atoms with Gasteiger partial charge in [0.25, 0.3) is 11.5 Å². The van der Waals surface area contributed by atoms with Crippen LogP contribution in [0.3, 0.4) is 0 Å². The van der Waals surface area contributed by atoms with Crippen LogP contribution in [0.2, 0.25) is 0 Å². The highest BCUT2D eigenvalue weighted by molar-refractivity contribution is 6.53. The number of ketones is 2. The molecule has 0 radical (unpaired) electrons. The molecule has 2 aromatic heterocycles. The van der Waals surface area contributed by atoms with Crippen molar-refractivity contribution in [1.82, 2.24) is 19.6 Å². The zero-order chi connectivity index (χ0) is 19.4. The van der Waals surface area contributed by atoms with E-state index in [0.717, 1.165) is 0 Å². The van der Waals surface area contributed by atoms with Crippen molar-refractivity contribution < 1.29 is 14.5 Å². The first-order chi connectivity index (χ1) is 13.6. The summed E-state index contributed by atoms with van der Waals surface area (Å²) in [4.78, 5) is 44.9. The van der Waals surface area contributed by atoms with Crippen LogP contribution in [0.4, 0.5) is 5.69 Å². The first kappa shape index (κ1) is 15.9. The topological polar surface area (TPSA) is 120 Å². The van der Waals surface area contributed by atoms with E-state index in [2.05, 4.69) is 15.1 Å². The van der Waals surface area contributed by atoms with E-state index in [-0.39, 0.29) is 28.3 Å². The summed E-state index contributed by atoms with van der Waals surface area (Å²) in [7, 11) is 0. The highest BCUT2D eigenvalue weighted by Gasteiger charge is 2.35. The van der Waals surface area contributed by atoms with E-state index >= 15 is 0 Å². The molecule has 0 saturated carbocycles. The first-order valence-corrected chi connectivity index (χ1v) is 8.23. The summed E-state index contributed by atoms with van der Waals surface area (Å²) < 4.78 is 1.32. The number of Topliss-reactive ketones (excluding diaryl/α,β-unsaturated/α-hetero) is 2. The van der Waals surface area contributed by atoms with E-state index in [4.69, 9.17) is 0 Å². The van der Waals surface area contributed by atoms with Crippen LogP contribution in [0.25, 0.3) is 28.3 Å². The molecule has 2 heterocycles. The van der Waals surface area contributed by atoms with Crippen molar-refractivity contribution in [2.24, 2.45) is 0 Å². The van der Waals surface area contributed by atoms with Crippen LogP contribution < -0.4 is 0 Å². The fourth-order valence-corrected chi connectivity index (χ4v) is 3.41. The number of benzene rings is 2. The average molecular weight is 371 g/mol. The number of rotatable bonds is 2. The monoisotopic (exact) mass is 371 g/mol. The van der Waals surface area contributed by atoms with E-state index in [1.54, 1.807) is 30.3 Å². The third-order valence-corrected chi connectivity index (χ3v) is 4.62. The van der Waals surface area contributed by atoms with Gasteiger partial charge in [0.15, 0.2) is 0 Å². The Morgan fingerprint density at radius 2 is 1.75 bits per heavy atom. The number of fused-ring (bicyclic) bond motifs is 4. The molecule has 0 amide bonds. The normalized spacial score (nSPS) is 12.7. The number of hydrogen-bond acceptors (Lipinski definition) is 7. The van der Waals surface area contributed by atoms with Gasteiger partial charge in [-0.2, -0.15) is 14.6 Å². The summed E-state index contributed by atoms with van der Waals surface area (Å²) >= 11 is 0. The summed E-state index contributed by atoms with van der Waals surface area (Å²) in [5.74, 6) is -1.17. The number of hydrogen-bond donors (Lipinski definition) is 0. The van der Waals surface area contributed by atoms with Gasteiger partial charge in [-0.15, -0.1) is 0 Å². The predicted octanol–water partition coefficient (Wildman–Crippen LogP) is 2.75. The second-order valence-corrected chi connectivity index (χ2v) is 6.17. The Kier molecular flexibility index (Phi) is 3.20. The van der Waals surface area contributed by atoms with Gasteiger partial charge in [0.05, 0.1) is 21.9 Å². The van der Waals surface area contributed by atoms with E-state index in [0.29, 0.717) is 16.8 Å². The molecule has 5 rings (SSSR count). The molecule has 0 bridgehead atoms. The number of nitro groups is 1. The van der Waals surface area contributed by atoms with Crippen molar-refractivity contribution in [1.29, 1.82) is 0 Å². The van der Waals surface area contributed by atoms with Crippen molar-refractivity contribution in [3.63, 3.8) is 0 Å². The van der Waals surface area contributed by atoms with Crippen LogP contribution in [-0.2, 0) is 0 Å². The average Bonchev–Trinajstić information content (AvgIpc) is 3.19. The molecule has 0 N–H and O–H groups in total. The van der Waals surface area contributed by atoms with Crippen LogP contribution in [0.5, 0.6) is 0 Å². The second-order valence-electron chi connectivity index (χ2n) is 6.17. The molecule has 0 unspecified atom stereocenters. The molecule has 0 saturated heterocycles. The molecular weight excluding hydrogens is 362 g/mol. The Balaban J connectivity index is 1.93. The maximum atomic E-state index is 13.0. The Bertz CT molecular complexity index is 1340. The van der Waals surface area contributed by atoms with Crippen LogP contribution in [-0.4, -0.2) is 36.1 Å². The lowest BCUT2D eigenvalue weighted by Crippen LogP contribution is -2.24. The van der Waals surface area contributed by atoms with Gasteiger partial charge in [-0.05, 0) is 0 Å². The third kappa shape index (κ3) is 2.10. The molecule has 2 aromatic carbocycles. The van der Waals surface area contributed by atoms with E-state index in [9.17, 15) is 19.7 Å². The van der Waals surface area contributed by atoms with Gasteiger partial charge in [-0.3, -0.25) is 19.7 Å². The summed E-state index contributed by atoms with van der Waals surface area (Å²) in [5, 5.41) is 15.3. The first-order valence-electron chi connectivity index (χ1n) is 8.23. The zero-order valence-corrected chi connectivity index (χ0v) is 14.1. The maximum Gasteiger partial charge on any atom is 0.270 e. The van der Waals surface area contributed by atoms with Crippen LogP contribution in [0.15, 0.2) is 54.9 Å². The number of carbonyl (C=O) groups excluding carboxylic acids is 2. The van der Waals surface area contributed by atoms with E-state index in [1.165, 1.54) is 29.0 Å². The minimum Gasteiger partial charge on any atom is -0.285 e. The number of carbonyl (C=O) groups is 2. The molecule has 9 heteroatoms. The standard InChI is InChI=1S/C19H9N5O4/c25-17-13-7-2-1-6-12(13)15-14(18(17)26)16(23-19(22-15)20-9-21-23)10-4-3-5-11(8-10)24(27)28/h1-9H. The number of nitro benzene ring substituents is 1. The lowest BCUT2D eigenvalue weighted by molar-refractivity contribution is -0.384. The fraction of sp³-hybridized carbons (Fsp3) is 0. The molecule has 134 valence electrons. The summed E-state index contributed by atoms with van der Waals surface area (Å²) in [6, 6.07) is 12.5. The Hall–Kier alpha value is -4.27. The van der Waals surface area contributed by atoms with Crippen LogP contribution in [0, 0.1) is 10.1 Å². The molecule has 0 atom stereocenters. The van der Waals surface area contributed by atoms with E-state index < -0.39 is 16.5 Å². The van der Waals surface area contributed by atoms with Crippen LogP contribution >= 0.6 is 0 Å². The van der Waals surface area contributed by atoms with Gasteiger partial charge in [-0.1, -0.05) is 36.4 Å². The smallest absolute Gasteiger partial charge is 0.270 e. The largest absolute Gasteiger partial charge is 0.285 e. The second kappa shape index (κ2) is 5.61. The molecule has 0 fully saturated rings. The Morgan fingerprint density at radius 3 is 2.54 bits per heavy atom. The molecular formula is C19H9N5O4. The molecule has 0 spiro atoms. The van der Waals surface area contributed by atoms with Crippen molar-refractivity contribution >= 4 is 23.0 Å². The zero-order valence-electron chi connectivity index (χ0n) is 14.1. The highest BCUT2D eigenvalue weighted by Crippen LogP contribution is 2.38. The summed E-state index contributed by atoms with van der Waals surface area (Å²) in [6.07, 6.45) is 1.27. The molecule has 1 aliphatic carbocycles. The van der Waals surface area contributed by atoms with Gasteiger partial charge < -0.3 is 0 Å². The maximum absolute atomic E-state index is 13.0. The van der Waals surface area contributed by atoms with Crippen molar-refractivity contribution in [3.05, 3.63) is 76.1 Å². The fourth-order valence-electron chi connectivity index (χ4n) is 3.41. The van der Waals surface area contributed by atoms with Crippen molar-refractivity contribution in [2.45, 2.75) is 0 Å². The van der Waals surface area contributed by atoms with Gasteiger partial charge in [0.2, 0.25) is 11.6 Å². The quantitative estimate of drug-likeness (QED) is 0.302. The molecule has 4 aromatic rings. The van der Waals surface area contributed by atoms with Gasteiger partial charge in [0, 0.05) is 28.8 Å². The SMILES string of the molecule is O=C1C(=O)c2c(nc3ncnn3c2-c2cccc([N+](=O)[O-])c2)-c2ccccc21. The van der Waals surface area contributed by atoms with Gasteiger partial charge >= 0.3 is 0 Å². The van der Waals surface area contributed by atoms with Gasteiger partial charge in [0.1, 0.15) is 6.33 Å². The Labute approximate surface area is 156 Å². The minimum absolute atomic E-state index is 0.0576. The van der Waals surface area contributed by atoms with Crippen LogP contribution in [0.1, 0.15) is 20.7 Å². The van der Waals surface area contributed by atoms with E-state index in [1.807, 2.05) is 0 Å². The molecule has 28 heavy (non-hydrogen) atoms. The third-order valence-electron chi connectivity index (χ3n) is 4.62. The number of non-ortho nitro benzene ring substituents is 1. The van der Waals surface area contributed by atoms with Crippen molar-refractivity contribution in [3.8, 4) is 22.5 Å². The predicted molar refractivity (Wildman–Crippen MR) is 97.0 cm³/mol.